The summed E-state index contributed by atoms with van der Waals surface area (Å²) in [4.78, 5) is 24.1. The van der Waals surface area contributed by atoms with E-state index < -0.39 is 11.9 Å². The van der Waals surface area contributed by atoms with E-state index in [1.54, 1.807) is 6.07 Å². The van der Waals surface area contributed by atoms with Crippen molar-refractivity contribution in [3.05, 3.63) is 36.4 Å². The molecule has 1 aliphatic rings. The van der Waals surface area contributed by atoms with Gasteiger partial charge in [0, 0.05) is 24.6 Å². The van der Waals surface area contributed by atoms with Crippen molar-refractivity contribution in [3.63, 3.8) is 0 Å². The van der Waals surface area contributed by atoms with Gasteiger partial charge in [0.15, 0.2) is 0 Å². The van der Waals surface area contributed by atoms with Crippen LogP contribution < -0.4 is 4.90 Å². The fourth-order valence-corrected chi connectivity index (χ4v) is 2.22. The lowest BCUT2D eigenvalue weighted by atomic mass is 10.1. The summed E-state index contributed by atoms with van der Waals surface area (Å²) >= 11 is 0. The lowest BCUT2D eigenvalue weighted by molar-refractivity contribution is -0.141. The van der Waals surface area contributed by atoms with Gasteiger partial charge in [0.1, 0.15) is 5.69 Å². The van der Waals surface area contributed by atoms with Gasteiger partial charge in [-0.1, -0.05) is 35.5 Å². The summed E-state index contributed by atoms with van der Waals surface area (Å²) in [6.45, 7) is 0.123. The van der Waals surface area contributed by atoms with Gasteiger partial charge in [-0.05, 0) is 0 Å². The number of hydrogen-bond donors (Lipinski definition) is 1. The molecule has 2 aromatic rings. The van der Waals surface area contributed by atoms with Crippen LogP contribution in [0.2, 0.25) is 0 Å². The van der Waals surface area contributed by atoms with E-state index in [0.717, 1.165) is 5.56 Å². The smallest absolute Gasteiger partial charge is 0.308 e. The minimum absolute atomic E-state index is 0.00327. The Bertz CT molecular complexity index is 650. The number of aromatic nitrogens is 1. The first-order chi connectivity index (χ1) is 9.65. The van der Waals surface area contributed by atoms with E-state index >= 15 is 0 Å². The van der Waals surface area contributed by atoms with Gasteiger partial charge in [-0.25, -0.2) is 0 Å². The molecule has 0 aliphatic carbocycles. The predicted octanol–water partition coefficient (Wildman–Crippen LogP) is 1.78. The van der Waals surface area contributed by atoms with E-state index in [0.29, 0.717) is 5.69 Å². The van der Waals surface area contributed by atoms with Crippen LogP contribution in [-0.4, -0.2) is 28.7 Å². The molecule has 102 valence electrons. The van der Waals surface area contributed by atoms with Crippen LogP contribution in [0.25, 0.3) is 11.3 Å². The first-order valence-corrected chi connectivity index (χ1v) is 6.20. The Kier molecular flexibility index (Phi) is 2.98. The van der Waals surface area contributed by atoms with Crippen LogP contribution in [0, 0.1) is 5.92 Å². The van der Waals surface area contributed by atoms with Crippen molar-refractivity contribution < 1.29 is 19.2 Å². The number of rotatable bonds is 3. The van der Waals surface area contributed by atoms with E-state index in [9.17, 15) is 9.59 Å². The molecule has 0 saturated carbocycles. The topological polar surface area (TPSA) is 83.6 Å². The van der Waals surface area contributed by atoms with Gasteiger partial charge in [0.05, 0.1) is 5.92 Å². The number of carbonyl (C=O) groups is 2. The average Bonchev–Trinajstić information content (AvgIpc) is 3.06. The highest BCUT2D eigenvalue weighted by molar-refractivity contribution is 5.98. The highest BCUT2D eigenvalue weighted by Crippen LogP contribution is 2.29. The van der Waals surface area contributed by atoms with Gasteiger partial charge in [-0.15, -0.1) is 0 Å². The SMILES string of the molecule is O=C(O)C1CC(=O)N(c2cc(-c3ccccc3)no2)C1. The second-order valence-corrected chi connectivity index (χ2v) is 4.66. The third-order valence-corrected chi connectivity index (χ3v) is 3.31. The largest absolute Gasteiger partial charge is 0.481 e. The van der Waals surface area contributed by atoms with E-state index in [4.69, 9.17) is 9.63 Å². The second-order valence-electron chi connectivity index (χ2n) is 4.66. The predicted molar refractivity (Wildman–Crippen MR) is 70.0 cm³/mol. The maximum Gasteiger partial charge on any atom is 0.308 e. The maximum atomic E-state index is 11.8. The second kappa shape index (κ2) is 4.80. The van der Waals surface area contributed by atoms with Crippen LogP contribution in [0.3, 0.4) is 0 Å². The summed E-state index contributed by atoms with van der Waals surface area (Å²) in [5.74, 6) is -1.62. The van der Waals surface area contributed by atoms with Crippen molar-refractivity contribution >= 4 is 17.8 Å². The van der Waals surface area contributed by atoms with Crippen molar-refractivity contribution in [2.45, 2.75) is 6.42 Å². The number of amides is 1. The van der Waals surface area contributed by atoms with Gasteiger partial charge >= 0.3 is 5.97 Å². The molecule has 0 bridgehead atoms. The Labute approximate surface area is 114 Å². The number of benzene rings is 1. The third-order valence-electron chi connectivity index (χ3n) is 3.31. The maximum absolute atomic E-state index is 11.8. The van der Waals surface area contributed by atoms with Gasteiger partial charge < -0.3 is 9.63 Å². The first-order valence-electron chi connectivity index (χ1n) is 6.20. The number of hydrogen-bond acceptors (Lipinski definition) is 4. The van der Waals surface area contributed by atoms with E-state index in [-0.39, 0.29) is 24.8 Å². The molecule has 1 aromatic carbocycles. The van der Waals surface area contributed by atoms with Crippen LogP contribution in [0.1, 0.15) is 6.42 Å². The molecule has 0 spiro atoms. The van der Waals surface area contributed by atoms with E-state index in [1.807, 2.05) is 30.3 Å². The Morgan fingerprint density at radius 3 is 2.75 bits per heavy atom. The van der Waals surface area contributed by atoms with E-state index in [2.05, 4.69) is 5.16 Å². The zero-order chi connectivity index (χ0) is 14.1. The van der Waals surface area contributed by atoms with Gasteiger partial charge in [-0.3, -0.25) is 14.5 Å². The Hall–Kier alpha value is -2.63. The van der Waals surface area contributed by atoms with Gasteiger partial charge in [0.25, 0.3) is 0 Å². The number of aliphatic carboxylic acids is 1. The molecule has 20 heavy (non-hydrogen) atoms. The molecule has 6 heteroatoms. The summed E-state index contributed by atoms with van der Waals surface area (Å²) in [7, 11) is 0. The standard InChI is InChI=1S/C14H12N2O4/c17-12-6-10(14(18)19)8-16(12)13-7-11(15-20-13)9-4-2-1-3-5-9/h1-5,7,10H,6,8H2,(H,18,19). The molecule has 6 nitrogen and oxygen atoms in total. The lowest BCUT2D eigenvalue weighted by Crippen LogP contribution is -2.25. The monoisotopic (exact) mass is 272 g/mol. The minimum atomic E-state index is -0.969. The molecular weight excluding hydrogens is 260 g/mol. The Morgan fingerprint density at radius 1 is 1.35 bits per heavy atom. The normalized spacial score (nSPS) is 18.5. The molecule has 1 fully saturated rings. The highest BCUT2D eigenvalue weighted by Gasteiger charge is 2.36. The van der Waals surface area contributed by atoms with Crippen molar-refractivity contribution in [2.24, 2.45) is 5.92 Å². The Balaban J connectivity index is 1.84. The molecule has 1 unspecified atom stereocenters. The number of carboxylic acids is 1. The molecule has 0 radical (unpaired) electrons. The summed E-state index contributed by atoms with van der Waals surface area (Å²) < 4.78 is 5.16. The van der Waals surface area contributed by atoms with Crippen LogP contribution in [0.4, 0.5) is 5.88 Å². The number of carbonyl (C=O) groups excluding carboxylic acids is 1. The van der Waals surface area contributed by atoms with E-state index in [1.165, 1.54) is 4.90 Å². The van der Waals surface area contributed by atoms with Crippen LogP contribution in [0.5, 0.6) is 0 Å². The Morgan fingerprint density at radius 2 is 2.10 bits per heavy atom. The fourth-order valence-electron chi connectivity index (χ4n) is 2.22. The van der Waals surface area contributed by atoms with Gasteiger partial charge in [0.2, 0.25) is 11.8 Å². The molecular formula is C14H12N2O4. The third kappa shape index (κ3) is 2.16. The zero-order valence-electron chi connectivity index (χ0n) is 10.5. The molecule has 1 aliphatic heterocycles. The number of carboxylic acid groups (broad SMARTS) is 1. The average molecular weight is 272 g/mol. The van der Waals surface area contributed by atoms with Crippen LogP contribution in [0.15, 0.2) is 40.9 Å². The molecule has 1 aromatic heterocycles. The molecule has 1 amide bonds. The van der Waals surface area contributed by atoms with Crippen molar-refractivity contribution in [1.29, 1.82) is 0 Å². The molecule has 3 rings (SSSR count). The number of anilines is 1. The van der Waals surface area contributed by atoms with Crippen molar-refractivity contribution in [2.75, 3.05) is 11.4 Å². The van der Waals surface area contributed by atoms with Crippen LogP contribution >= 0.6 is 0 Å². The first kappa shape index (κ1) is 12.4. The molecule has 2 heterocycles. The summed E-state index contributed by atoms with van der Waals surface area (Å²) in [5, 5.41) is 12.9. The minimum Gasteiger partial charge on any atom is -0.481 e. The molecule has 1 N–H and O–H groups in total. The summed E-state index contributed by atoms with van der Waals surface area (Å²) in [6.07, 6.45) is -0.00327. The quantitative estimate of drug-likeness (QED) is 0.920. The number of nitrogens with zero attached hydrogens (tertiary/aromatic N) is 2. The summed E-state index contributed by atoms with van der Waals surface area (Å²) in [5.41, 5.74) is 1.50. The fraction of sp³-hybridized carbons (Fsp3) is 0.214. The molecule has 1 saturated heterocycles. The highest BCUT2D eigenvalue weighted by atomic mass is 16.5. The zero-order valence-corrected chi connectivity index (χ0v) is 10.5. The van der Waals surface area contributed by atoms with Crippen molar-refractivity contribution in [1.82, 2.24) is 5.16 Å². The molecule has 1 atom stereocenters. The van der Waals surface area contributed by atoms with Gasteiger partial charge in [-0.2, -0.15) is 0 Å². The van der Waals surface area contributed by atoms with Crippen molar-refractivity contribution in [3.8, 4) is 11.3 Å². The lowest BCUT2D eigenvalue weighted by Gasteiger charge is -2.10. The van der Waals surface area contributed by atoms with Crippen LogP contribution in [-0.2, 0) is 9.59 Å². The summed E-state index contributed by atoms with van der Waals surface area (Å²) in [6, 6.07) is 11.1.